The summed E-state index contributed by atoms with van der Waals surface area (Å²) in [5, 5.41) is 15.6. The molecule has 2 aromatic carbocycles. The predicted octanol–water partition coefficient (Wildman–Crippen LogP) is 3.65. The number of aromatic amines is 1. The van der Waals surface area contributed by atoms with Gasteiger partial charge in [0.05, 0.1) is 6.42 Å². The zero-order chi connectivity index (χ0) is 24.9. The van der Waals surface area contributed by atoms with Gasteiger partial charge in [-0.15, -0.1) is 0 Å². The average molecular weight is 488 g/mol. The van der Waals surface area contributed by atoms with Crippen LogP contribution < -0.4 is 20.7 Å². The van der Waals surface area contributed by atoms with Gasteiger partial charge in [0.15, 0.2) is 5.82 Å². The fourth-order valence-electron chi connectivity index (χ4n) is 4.36. The van der Waals surface area contributed by atoms with E-state index in [1.807, 2.05) is 54.6 Å². The van der Waals surface area contributed by atoms with Crippen molar-refractivity contribution >= 4 is 29.2 Å². The van der Waals surface area contributed by atoms with E-state index in [-0.39, 0.29) is 24.1 Å². The summed E-state index contributed by atoms with van der Waals surface area (Å²) in [5.41, 5.74) is 3.71. The summed E-state index contributed by atoms with van der Waals surface area (Å²) < 4.78 is 5.90. The van der Waals surface area contributed by atoms with Gasteiger partial charge in [-0.1, -0.05) is 30.7 Å². The number of carbonyl (C=O) groups excluding carboxylic acids is 3. The molecule has 1 atom stereocenters. The van der Waals surface area contributed by atoms with Crippen molar-refractivity contribution in [1.29, 1.82) is 0 Å². The lowest BCUT2D eigenvalue weighted by Crippen LogP contribution is -2.47. The Hall–Kier alpha value is -4.14. The third kappa shape index (κ3) is 5.91. The van der Waals surface area contributed by atoms with Crippen LogP contribution in [0.3, 0.4) is 0 Å². The van der Waals surface area contributed by atoms with Gasteiger partial charge in [0.2, 0.25) is 17.7 Å². The number of rotatable bonds is 9. The Morgan fingerprint density at radius 3 is 2.61 bits per heavy atom. The third-order valence-electron chi connectivity index (χ3n) is 6.61. The quantitative estimate of drug-likeness (QED) is 0.342. The van der Waals surface area contributed by atoms with Crippen LogP contribution in [0.5, 0.6) is 5.75 Å². The van der Waals surface area contributed by atoms with Crippen molar-refractivity contribution in [3.8, 4) is 5.75 Å². The van der Waals surface area contributed by atoms with E-state index in [2.05, 4.69) is 26.1 Å². The lowest BCUT2D eigenvalue weighted by molar-refractivity contribution is -0.133. The molecule has 2 aliphatic rings. The molecule has 1 aliphatic carbocycles. The first-order valence-corrected chi connectivity index (χ1v) is 12.3. The number of H-pyrrole nitrogens is 1. The largest absolute Gasteiger partial charge is 0.489 e. The minimum Gasteiger partial charge on any atom is -0.489 e. The summed E-state index contributed by atoms with van der Waals surface area (Å²) in [4.78, 5) is 35.7. The van der Waals surface area contributed by atoms with Crippen LogP contribution in [0, 0.1) is 0 Å². The number of ether oxygens (including phenoxy) is 1. The molecule has 186 valence electrons. The first-order chi connectivity index (χ1) is 17.5. The number of imide groups is 1. The Morgan fingerprint density at radius 2 is 1.86 bits per heavy atom. The highest BCUT2D eigenvalue weighted by molar-refractivity contribution is 6.01. The number of piperidine rings is 1. The highest BCUT2D eigenvalue weighted by atomic mass is 16.5. The molecule has 0 radical (unpaired) electrons. The van der Waals surface area contributed by atoms with Crippen LogP contribution in [0.1, 0.15) is 54.8 Å². The van der Waals surface area contributed by atoms with Crippen LogP contribution in [0.4, 0.5) is 11.5 Å². The Morgan fingerprint density at radius 1 is 1.03 bits per heavy atom. The number of carbonyl (C=O) groups is 3. The van der Waals surface area contributed by atoms with Crippen molar-refractivity contribution in [2.24, 2.45) is 0 Å². The molecular formula is C27H29N5O4. The second-order valence-electron chi connectivity index (χ2n) is 9.34. The van der Waals surface area contributed by atoms with Gasteiger partial charge in [-0.25, -0.2) is 0 Å². The molecule has 1 aromatic heterocycles. The summed E-state index contributed by atoms with van der Waals surface area (Å²) in [6, 6.07) is 16.6. The summed E-state index contributed by atoms with van der Waals surface area (Å²) in [7, 11) is 0. The molecule has 1 saturated carbocycles. The summed E-state index contributed by atoms with van der Waals surface area (Å²) in [6.45, 7) is 0.354. The van der Waals surface area contributed by atoms with E-state index in [1.165, 1.54) is 19.3 Å². The van der Waals surface area contributed by atoms with Gasteiger partial charge in [-0.05, 0) is 54.7 Å². The molecule has 9 heteroatoms. The minimum atomic E-state index is -0.429. The van der Waals surface area contributed by atoms with Gasteiger partial charge in [-0.3, -0.25) is 24.8 Å². The number of benzene rings is 2. The van der Waals surface area contributed by atoms with E-state index in [9.17, 15) is 14.4 Å². The maximum Gasteiger partial charge on any atom is 0.249 e. The van der Waals surface area contributed by atoms with E-state index in [1.54, 1.807) is 0 Å². The molecule has 1 unspecified atom stereocenters. The van der Waals surface area contributed by atoms with Crippen LogP contribution in [-0.4, -0.2) is 34.0 Å². The third-order valence-corrected chi connectivity index (χ3v) is 6.61. The van der Waals surface area contributed by atoms with Crippen LogP contribution in [0.2, 0.25) is 0 Å². The van der Waals surface area contributed by atoms with Gasteiger partial charge >= 0.3 is 0 Å². The molecule has 1 aliphatic heterocycles. The van der Waals surface area contributed by atoms with E-state index in [0.717, 1.165) is 22.5 Å². The smallest absolute Gasteiger partial charge is 0.249 e. The first-order valence-electron chi connectivity index (χ1n) is 12.3. The second-order valence-corrected chi connectivity index (χ2v) is 9.34. The number of hydrogen-bond acceptors (Lipinski definition) is 6. The normalized spacial score (nSPS) is 17.7. The second kappa shape index (κ2) is 10.6. The van der Waals surface area contributed by atoms with Gasteiger partial charge in [0.1, 0.15) is 18.4 Å². The number of hydrogen-bond donors (Lipinski definition) is 4. The molecule has 0 spiro atoms. The molecule has 5 rings (SSSR count). The van der Waals surface area contributed by atoms with Crippen molar-refractivity contribution in [2.75, 3.05) is 10.6 Å². The van der Waals surface area contributed by atoms with E-state index < -0.39 is 6.04 Å². The topological polar surface area (TPSA) is 125 Å². The summed E-state index contributed by atoms with van der Waals surface area (Å²) in [5.74, 6) is 1.15. The van der Waals surface area contributed by atoms with Crippen LogP contribution in [0.15, 0.2) is 54.6 Å². The first kappa shape index (κ1) is 23.6. The van der Waals surface area contributed by atoms with Gasteiger partial charge in [0.25, 0.3) is 0 Å². The van der Waals surface area contributed by atoms with Crippen LogP contribution in [-0.2, 0) is 27.4 Å². The Balaban J connectivity index is 1.09. The highest BCUT2D eigenvalue weighted by Gasteiger charge is 2.26. The molecule has 36 heavy (non-hydrogen) atoms. The molecule has 4 N–H and O–H groups in total. The number of amides is 3. The molecule has 3 amide bonds. The summed E-state index contributed by atoms with van der Waals surface area (Å²) >= 11 is 0. The van der Waals surface area contributed by atoms with Gasteiger partial charge in [0, 0.05) is 29.8 Å². The molecule has 3 aromatic rings. The number of nitrogens with one attached hydrogen (secondary N) is 4. The SMILES string of the molecule is O=C1CCC(Nc2cccc(COc3ccc(CC(=O)Nc4cc(C5CCC5)[nH]n4)cc3)c2)C(=O)N1. The zero-order valence-electron chi connectivity index (χ0n) is 19.9. The highest BCUT2D eigenvalue weighted by Crippen LogP contribution is 2.35. The molecule has 0 bridgehead atoms. The Labute approximate surface area is 209 Å². The van der Waals surface area contributed by atoms with Crippen LogP contribution >= 0.6 is 0 Å². The maximum absolute atomic E-state index is 12.4. The van der Waals surface area contributed by atoms with Crippen molar-refractivity contribution in [3.05, 3.63) is 71.4 Å². The van der Waals surface area contributed by atoms with Crippen molar-refractivity contribution < 1.29 is 19.1 Å². The van der Waals surface area contributed by atoms with E-state index in [4.69, 9.17) is 4.74 Å². The maximum atomic E-state index is 12.4. The lowest BCUT2D eigenvalue weighted by Gasteiger charge is -2.23. The van der Waals surface area contributed by atoms with Crippen molar-refractivity contribution in [1.82, 2.24) is 15.5 Å². The Kier molecular flexibility index (Phi) is 6.97. The number of aromatic nitrogens is 2. The van der Waals surface area contributed by atoms with Crippen molar-refractivity contribution in [2.45, 2.75) is 57.1 Å². The molecule has 2 heterocycles. The molecule has 9 nitrogen and oxygen atoms in total. The number of anilines is 2. The monoisotopic (exact) mass is 487 g/mol. The van der Waals surface area contributed by atoms with E-state index >= 15 is 0 Å². The average Bonchev–Trinajstić information content (AvgIpc) is 3.27. The number of nitrogens with zero attached hydrogens (tertiary/aromatic N) is 1. The summed E-state index contributed by atoms with van der Waals surface area (Å²) in [6.07, 6.45) is 4.65. The standard InChI is InChI=1S/C27H29N5O4/c33-25-12-11-22(27(35)30-25)28-20-6-1-3-18(13-20)16-36-21-9-7-17(8-10-21)14-26(34)29-24-15-23(31-32-24)19-4-2-5-19/h1,3,6-10,13,15,19,22,28H,2,4-5,11-12,14,16H2,(H,30,33,35)(H2,29,31,32,34). The Bertz CT molecular complexity index is 1250. The molecular weight excluding hydrogens is 458 g/mol. The lowest BCUT2D eigenvalue weighted by atomic mass is 9.83. The van der Waals surface area contributed by atoms with E-state index in [0.29, 0.717) is 36.9 Å². The van der Waals surface area contributed by atoms with Gasteiger partial charge in [-0.2, -0.15) is 5.10 Å². The molecule has 2 fully saturated rings. The van der Waals surface area contributed by atoms with Crippen molar-refractivity contribution in [3.63, 3.8) is 0 Å². The fraction of sp³-hybridized carbons (Fsp3) is 0.333. The zero-order valence-corrected chi connectivity index (χ0v) is 19.9. The minimum absolute atomic E-state index is 0.115. The predicted molar refractivity (Wildman–Crippen MR) is 135 cm³/mol. The fourth-order valence-corrected chi connectivity index (χ4v) is 4.36. The molecule has 1 saturated heterocycles. The van der Waals surface area contributed by atoms with Crippen LogP contribution in [0.25, 0.3) is 0 Å². The van der Waals surface area contributed by atoms with Gasteiger partial charge < -0.3 is 15.4 Å².